The first-order chi connectivity index (χ1) is 20.3. The number of nitrogens with zero attached hydrogens (tertiary/aromatic N) is 1. The van der Waals surface area contributed by atoms with Gasteiger partial charge < -0.3 is 19.5 Å². The van der Waals surface area contributed by atoms with Gasteiger partial charge in [-0.3, -0.25) is 19.3 Å². The molecule has 4 aromatic carbocycles. The first-order valence-electron chi connectivity index (χ1n) is 12.7. The van der Waals surface area contributed by atoms with Crippen LogP contribution in [0.15, 0.2) is 88.2 Å². The highest BCUT2D eigenvalue weighted by molar-refractivity contribution is 9.10. The minimum Gasteiger partial charge on any atom is -0.493 e. The van der Waals surface area contributed by atoms with Crippen LogP contribution >= 0.6 is 39.3 Å². The number of thioether (sulfide) groups is 1. The van der Waals surface area contributed by atoms with E-state index in [1.54, 1.807) is 42.5 Å². The van der Waals surface area contributed by atoms with E-state index in [1.165, 1.54) is 12.0 Å². The average Bonchev–Trinajstić information content (AvgIpc) is 3.24. The number of hydrogen-bond donors (Lipinski definition) is 1. The van der Waals surface area contributed by atoms with E-state index in [0.717, 1.165) is 22.5 Å². The Morgan fingerprint density at radius 3 is 2.57 bits per heavy atom. The molecule has 1 N–H and O–H groups in total. The van der Waals surface area contributed by atoms with Crippen LogP contribution in [0.1, 0.15) is 5.56 Å². The minimum atomic E-state index is -0.404. The number of imide groups is 1. The van der Waals surface area contributed by atoms with Gasteiger partial charge in [0.05, 0.1) is 33.7 Å². The number of carbonyl (C=O) groups excluding carboxylic acids is 3. The molecule has 0 aromatic heterocycles. The van der Waals surface area contributed by atoms with Crippen LogP contribution in [-0.4, -0.2) is 48.8 Å². The summed E-state index contributed by atoms with van der Waals surface area (Å²) in [5.74, 6) is 0.528. The summed E-state index contributed by atoms with van der Waals surface area (Å²) in [6.07, 6.45) is 1.61. The molecule has 1 heterocycles. The molecule has 4 aromatic rings. The lowest BCUT2D eigenvalue weighted by Crippen LogP contribution is -2.32. The number of amides is 3. The van der Waals surface area contributed by atoms with Crippen molar-refractivity contribution in [1.82, 2.24) is 4.90 Å². The zero-order chi connectivity index (χ0) is 29.6. The van der Waals surface area contributed by atoms with Crippen molar-refractivity contribution in [2.45, 2.75) is 0 Å². The smallest absolute Gasteiger partial charge is 0.293 e. The van der Waals surface area contributed by atoms with Gasteiger partial charge >= 0.3 is 0 Å². The number of methoxy groups -OCH3 is 1. The summed E-state index contributed by atoms with van der Waals surface area (Å²) in [5, 5.41) is 4.74. The second kappa shape index (κ2) is 13.3. The first-order valence-corrected chi connectivity index (χ1v) is 14.7. The zero-order valence-corrected chi connectivity index (χ0v) is 25.4. The molecule has 214 valence electrons. The lowest BCUT2D eigenvalue weighted by Gasteiger charge is -2.15. The molecule has 0 bridgehead atoms. The molecule has 0 spiro atoms. The Hall–Kier alpha value is -3.99. The van der Waals surface area contributed by atoms with Crippen molar-refractivity contribution >= 4 is 78.9 Å². The zero-order valence-electron chi connectivity index (χ0n) is 22.3. The summed E-state index contributed by atoms with van der Waals surface area (Å²) >= 11 is 10.4. The number of nitrogens with one attached hydrogen (secondary N) is 1. The summed E-state index contributed by atoms with van der Waals surface area (Å²) in [7, 11) is 1.46. The molecule has 1 saturated heterocycles. The molecule has 0 unspecified atom stereocenters. The van der Waals surface area contributed by atoms with Gasteiger partial charge in [0, 0.05) is 5.39 Å². The second-order valence-electron chi connectivity index (χ2n) is 9.01. The Morgan fingerprint density at radius 1 is 1.00 bits per heavy atom. The fourth-order valence-corrected chi connectivity index (χ4v) is 5.88. The Balaban J connectivity index is 1.23. The van der Waals surface area contributed by atoms with E-state index in [-0.39, 0.29) is 29.9 Å². The molecular formula is C31H24BrClN2O6S. The maximum atomic E-state index is 13.1. The first kappa shape index (κ1) is 29.5. The van der Waals surface area contributed by atoms with Crippen LogP contribution < -0.4 is 19.5 Å². The Labute approximate surface area is 259 Å². The maximum Gasteiger partial charge on any atom is 0.293 e. The molecule has 3 amide bonds. The Kier molecular flexibility index (Phi) is 9.36. The largest absolute Gasteiger partial charge is 0.493 e. The van der Waals surface area contributed by atoms with Gasteiger partial charge in [0.2, 0.25) is 0 Å². The van der Waals surface area contributed by atoms with Gasteiger partial charge in [-0.05, 0) is 75.0 Å². The Bertz CT molecular complexity index is 1710. The van der Waals surface area contributed by atoms with Crippen molar-refractivity contribution in [3.63, 3.8) is 0 Å². The van der Waals surface area contributed by atoms with Gasteiger partial charge in [-0.25, -0.2) is 0 Å². The van der Waals surface area contributed by atoms with Gasteiger partial charge in [-0.2, -0.15) is 0 Å². The fourth-order valence-electron chi connectivity index (χ4n) is 4.26. The highest BCUT2D eigenvalue weighted by atomic mass is 79.9. The van der Waals surface area contributed by atoms with Crippen molar-refractivity contribution < 1.29 is 28.6 Å². The van der Waals surface area contributed by atoms with Crippen molar-refractivity contribution in [2.24, 2.45) is 0 Å². The van der Waals surface area contributed by atoms with Gasteiger partial charge in [-0.15, -0.1) is 0 Å². The molecule has 1 aliphatic rings. The molecule has 0 aliphatic carbocycles. The predicted molar refractivity (Wildman–Crippen MR) is 168 cm³/mol. The summed E-state index contributed by atoms with van der Waals surface area (Å²) in [5.41, 5.74) is 1.08. The number of para-hydroxylation sites is 1. The predicted octanol–water partition coefficient (Wildman–Crippen LogP) is 7.40. The van der Waals surface area contributed by atoms with E-state index < -0.39 is 11.8 Å². The van der Waals surface area contributed by atoms with E-state index >= 15 is 0 Å². The molecule has 1 fully saturated rings. The third-order valence-corrected chi connectivity index (χ3v) is 8.07. The van der Waals surface area contributed by atoms with Crippen LogP contribution in [0.25, 0.3) is 16.8 Å². The van der Waals surface area contributed by atoms with Crippen LogP contribution in [0.2, 0.25) is 5.02 Å². The molecule has 0 radical (unpaired) electrons. The summed E-state index contributed by atoms with van der Waals surface area (Å²) in [4.78, 5) is 39.6. The summed E-state index contributed by atoms with van der Waals surface area (Å²) in [6, 6.07) is 23.8. The fraction of sp³-hybridized carbons (Fsp3) is 0.129. The number of anilines is 1. The number of fused-ring (bicyclic) bond motifs is 1. The molecule has 0 saturated carbocycles. The molecule has 11 heteroatoms. The van der Waals surface area contributed by atoms with Crippen LogP contribution in [0, 0.1) is 0 Å². The maximum absolute atomic E-state index is 13.1. The molecular weight excluding hydrogens is 644 g/mol. The lowest BCUT2D eigenvalue weighted by molar-refractivity contribution is -0.123. The topological polar surface area (TPSA) is 94.2 Å². The van der Waals surface area contributed by atoms with Gasteiger partial charge in [-0.1, -0.05) is 60.1 Å². The van der Waals surface area contributed by atoms with E-state index in [0.29, 0.717) is 38.0 Å². The van der Waals surface area contributed by atoms with Crippen molar-refractivity contribution in [1.29, 1.82) is 0 Å². The average molecular weight is 668 g/mol. The third-order valence-electron chi connectivity index (χ3n) is 6.24. The molecule has 42 heavy (non-hydrogen) atoms. The summed E-state index contributed by atoms with van der Waals surface area (Å²) < 4.78 is 17.6. The van der Waals surface area contributed by atoms with Crippen molar-refractivity contribution in [3.8, 4) is 17.2 Å². The lowest BCUT2D eigenvalue weighted by atomic mass is 10.1. The normalized spacial score (nSPS) is 14.0. The quantitative estimate of drug-likeness (QED) is 0.176. The SMILES string of the molecule is COc1cc(/C=C2\SC(=O)N(CCOc3cccc4ccccc34)C2=O)cc(Br)c1OCC(=O)Nc1ccccc1Cl. The number of hydrogen-bond acceptors (Lipinski definition) is 7. The third kappa shape index (κ3) is 6.73. The van der Waals surface area contributed by atoms with Crippen LogP contribution in [0.4, 0.5) is 10.5 Å². The van der Waals surface area contributed by atoms with Gasteiger partial charge in [0.1, 0.15) is 12.4 Å². The molecule has 1 aliphatic heterocycles. The number of ether oxygens (including phenoxy) is 3. The second-order valence-corrected chi connectivity index (χ2v) is 11.3. The van der Waals surface area contributed by atoms with Gasteiger partial charge in [0.15, 0.2) is 18.1 Å². The molecule has 5 rings (SSSR count). The highest BCUT2D eigenvalue weighted by Crippen LogP contribution is 2.39. The molecule has 0 atom stereocenters. The summed E-state index contributed by atoms with van der Waals surface area (Å²) in [6.45, 7) is -0.0185. The molecule has 8 nitrogen and oxygen atoms in total. The number of carbonyl (C=O) groups is 3. The van der Waals surface area contributed by atoms with Crippen molar-refractivity contribution in [2.75, 3.05) is 32.2 Å². The van der Waals surface area contributed by atoms with Crippen LogP contribution in [0.3, 0.4) is 0 Å². The minimum absolute atomic E-state index is 0.112. The number of rotatable bonds is 10. The standard InChI is InChI=1S/C31H24BrClN2O6S/c1-39-26-16-19(15-22(32)29(26)41-18-28(36)34-24-11-5-4-10-23(24)33)17-27-30(37)35(31(38)42-27)13-14-40-25-12-6-8-20-7-2-3-9-21(20)25/h2-12,15-17H,13-14,18H2,1H3,(H,34,36)/b27-17-. The monoisotopic (exact) mass is 666 g/mol. The van der Waals surface area contributed by atoms with E-state index in [9.17, 15) is 14.4 Å². The van der Waals surface area contributed by atoms with Crippen LogP contribution in [-0.2, 0) is 9.59 Å². The van der Waals surface area contributed by atoms with E-state index in [2.05, 4.69) is 21.2 Å². The Morgan fingerprint density at radius 2 is 1.76 bits per heavy atom. The number of halogens is 2. The van der Waals surface area contributed by atoms with E-state index in [1.807, 2.05) is 42.5 Å². The number of benzene rings is 4. The van der Waals surface area contributed by atoms with Gasteiger partial charge in [0.25, 0.3) is 17.1 Å². The van der Waals surface area contributed by atoms with Crippen molar-refractivity contribution in [3.05, 3.63) is 98.8 Å². The van der Waals surface area contributed by atoms with E-state index in [4.69, 9.17) is 25.8 Å². The van der Waals surface area contributed by atoms with Crippen LogP contribution in [0.5, 0.6) is 17.2 Å². The highest BCUT2D eigenvalue weighted by Gasteiger charge is 2.35.